The van der Waals surface area contributed by atoms with E-state index in [1.807, 2.05) is 23.2 Å². The molecule has 2 rings (SSSR count). The highest BCUT2D eigenvalue weighted by Crippen LogP contribution is 2.40. The van der Waals surface area contributed by atoms with Crippen LogP contribution in [0.3, 0.4) is 0 Å². The van der Waals surface area contributed by atoms with Gasteiger partial charge in [-0.3, -0.25) is 0 Å². The molecule has 80 valence electrons. The molecule has 2 aromatic heterocycles. The molecule has 0 atom stereocenters. The first-order valence-corrected chi connectivity index (χ1v) is 6.71. The van der Waals surface area contributed by atoms with Crippen molar-refractivity contribution in [2.75, 3.05) is 0 Å². The Bertz CT molecular complexity index is 369. The van der Waals surface area contributed by atoms with Gasteiger partial charge >= 0.3 is 0 Å². The molecule has 0 radical (unpaired) electrons. The van der Waals surface area contributed by atoms with Crippen molar-refractivity contribution in [1.82, 2.24) is 9.97 Å². The van der Waals surface area contributed by atoms with Crippen molar-refractivity contribution in [3.63, 3.8) is 0 Å². The molecule has 0 aliphatic rings. The standard InChI is InChI=1S/C11H14N2S2/c1-8(2)11(3,9-12-4-6-14-9)10-13-5-7-15-10/h4-8H,1-3H3. The first-order chi connectivity index (χ1) is 7.15. The van der Waals surface area contributed by atoms with Gasteiger partial charge < -0.3 is 0 Å². The van der Waals surface area contributed by atoms with Crippen LogP contribution in [0, 0.1) is 5.92 Å². The molecular formula is C11H14N2S2. The maximum absolute atomic E-state index is 4.45. The minimum atomic E-state index is -0.0394. The van der Waals surface area contributed by atoms with Crippen LogP contribution in [-0.4, -0.2) is 9.97 Å². The van der Waals surface area contributed by atoms with Gasteiger partial charge in [-0.15, -0.1) is 22.7 Å². The van der Waals surface area contributed by atoms with Crippen LogP contribution >= 0.6 is 22.7 Å². The Labute approximate surface area is 98.0 Å². The second kappa shape index (κ2) is 4.02. The van der Waals surface area contributed by atoms with Crippen LogP contribution < -0.4 is 0 Å². The largest absolute Gasteiger partial charge is 0.249 e. The van der Waals surface area contributed by atoms with Crippen LogP contribution in [0.15, 0.2) is 23.2 Å². The maximum Gasteiger partial charge on any atom is 0.105 e. The highest BCUT2D eigenvalue weighted by atomic mass is 32.1. The van der Waals surface area contributed by atoms with E-state index in [1.54, 1.807) is 22.7 Å². The minimum absolute atomic E-state index is 0.0394. The number of hydrogen-bond acceptors (Lipinski definition) is 4. The van der Waals surface area contributed by atoms with E-state index < -0.39 is 0 Å². The van der Waals surface area contributed by atoms with Gasteiger partial charge in [-0.25, -0.2) is 9.97 Å². The number of thiazole rings is 2. The molecule has 2 nitrogen and oxygen atoms in total. The van der Waals surface area contributed by atoms with E-state index in [0.717, 1.165) is 10.0 Å². The lowest BCUT2D eigenvalue weighted by Crippen LogP contribution is -2.29. The predicted molar refractivity (Wildman–Crippen MR) is 65.5 cm³/mol. The topological polar surface area (TPSA) is 25.8 Å². The molecule has 0 fully saturated rings. The van der Waals surface area contributed by atoms with Crippen molar-refractivity contribution in [2.24, 2.45) is 5.92 Å². The second-order valence-electron chi connectivity index (χ2n) is 4.03. The Balaban J connectivity index is 2.51. The predicted octanol–water partition coefficient (Wildman–Crippen LogP) is 3.56. The first kappa shape index (κ1) is 10.8. The number of nitrogens with zero attached hydrogens (tertiary/aromatic N) is 2. The highest BCUT2D eigenvalue weighted by molar-refractivity contribution is 7.11. The second-order valence-corrected chi connectivity index (χ2v) is 5.82. The van der Waals surface area contributed by atoms with Crippen LogP contribution in [0.4, 0.5) is 0 Å². The van der Waals surface area contributed by atoms with Crippen molar-refractivity contribution in [3.05, 3.63) is 33.2 Å². The third-order valence-corrected chi connectivity index (χ3v) is 4.93. The summed E-state index contributed by atoms with van der Waals surface area (Å²) in [6, 6.07) is 0. The van der Waals surface area contributed by atoms with Crippen molar-refractivity contribution < 1.29 is 0 Å². The van der Waals surface area contributed by atoms with E-state index in [9.17, 15) is 0 Å². The zero-order valence-electron chi connectivity index (χ0n) is 9.10. The normalized spacial score (nSPS) is 12.3. The Morgan fingerprint density at radius 3 is 1.80 bits per heavy atom. The molecule has 0 bridgehead atoms. The monoisotopic (exact) mass is 238 g/mol. The quantitative estimate of drug-likeness (QED) is 0.817. The van der Waals surface area contributed by atoms with Crippen molar-refractivity contribution in [1.29, 1.82) is 0 Å². The third-order valence-electron chi connectivity index (χ3n) is 2.91. The summed E-state index contributed by atoms with van der Waals surface area (Å²) in [7, 11) is 0. The molecule has 0 aliphatic heterocycles. The van der Waals surface area contributed by atoms with Crippen molar-refractivity contribution >= 4 is 22.7 Å². The van der Waals surface area contributed by atoms with Crippen molar-refractivity contribution in [2.45, 2.75) is 26.2 Å². The van der Waals surface area contributed by atoms with Gasteiger partial charge in [0.2, 0.25) is 0 Å². The van der Waals surface area contributed by atoms with Crippen LogP contribution in [0.25, 0.3) is 0 Å². The van der Waals surface area contributed by atoms with E-state index in [1.165, 1.54) is 0 Å². The van der Waals surface area contributed by atoms with Gasteiger partial charge in [0.1, 0.15) is 10.0 Å². The summed E-state index contributed by atoms with van der Waals surface area (Å²) in [6.07, 6.45) is 3.74. The van der Waals surface area contributed by atoms with Gasteiger partial charge in [0.25, 0.3) is 0 Å². The molecule has 0 unspecified atom stereocenters. The smallest absolute Gasteiger partial charge is 0.105 e. The SMILES string of the molecule is CC(C)C(C)(c1nccs1)c1nccs1. The maximum atomic E-state index is 4.45. The van der Waals surface area contributed by atoms with E-state index >= 15 is 0 Å². The van der Waals surface area contributed by atoms with Gasteiger partial charge in [-0.1, -0.05) is 13.8 Å². The minimum Gasteiger partial charge on any atom is -0.249 e. The van der Waals surface area contributed by atoms with Gasteiger partial charge in [0.15, 0.2) is 0 Å². The lowest BCUT2D eigenvalue weighted by Gasteiger charge is -2.29. The summed E-state index contributed by atoms with van der Waals surface area (Å²) in [4.78, 5) is 8.90. The van der Waals surface area contributed by atoms with Crippen LogP contribution in [-0.2, 0) is 5.41 Å². The molecular weight excluding hydrogens is 224 g/mol. The summed E-state index contributed by atoms with van der Waals surface area (Å²) >= 11 is 3.42. The number of aromatic nitrogens is 2. The van der Waals surface area contributed by atoms with Gasteiger partial charge in [0, 0.05) is 23.2 Å². The summed E-state index contributed by atoms with van der Waals surface area (Å²) < 4.78 is 0. The third kappa shape index (κ3) is 1.72. The summed E-state index contributed by atoms with van der Waals surface area (Å²) in [5.74, 6) is 0.495. The Morgan fingerprint density at radius 1 is 1.07 bits per heavy atom. The first-order valence-electron chi connectivity index (χ1n) is 4.95. The average Bonchev–Trinajstić information content (AvgIpc) is 2.89. The summed E-state index contributed by atoms with van der Waals surface area (Å²) in [6.45, 7) is 6.68. The highest BCUT2D eigenvalue weighted by Gasteiger charge is 2.37. The molecule has 2 aromatic rings. The molecule has 0 saturated carbocycles. The summed E-state index contributed by atoms with van der Waals surface area (Å²) in [5, 5.41) is 6.38. The number of hydrogen-bond donors (Lipinski definition) is 0. The molecule has 0 saturated heterocycles. The lowest BCUT2D eigenvalue weighted by atomic mass is 9.80. The van der Waals surface area contributed by atoms with E-state index in [-0.39, 0.29) is 5.41 Å². The van der Waals surface area contributed by atoms with Crippen LogP contribution in [0.2, 0.25) is 0 Å². The zero-order valence-corrected chi connectivity index (χ0v) is 10.7. The fourth-order valence-electron chi connectivity index (χ4n) is 1.55. The van der Waals surface area contributed by atoms with E-state index in [2.05, 4.69) is 30.7 Å². The van der Waals surface area contributed by atoms with Crippen LogP contribution in [0.1, 0.15) is 30.8 Å². The molecule has 0 aliphatic carbocycles. The average molecular weight is 238 g/mol. The van der Waals surface area contributed by atoms with Crippen LogP contribution in [0.5, 0.6) is 0 Å². The zero-order chi connectivity index (χ0) is 10.9. The molecule has 0 amide bonds. The van der Waals surface area contributed by atoms with Crippen molar-refractivity contribution in [3.8, 4) is 0 Å². The summed E-state index contributed by atoms with van der Waals surface area (Å²) in [5.41, 5.74) is -0.0394. The Hall–Kier alpha value is -0.740. The van der Waals surface area contributed by atoms with E-state index in [0.29, 0.717) is 5.92 Å². The fraction of sp³-hybridized carbons (Fsp3) is 0.455. The van der Waals surface area contributed by atoms with Gasteiger partial charge in [-0.2, -0.15) is 0 Å². The fourth-order valence-corrected chi connectivity index (χ4v) is 3.51. The number of rotatable bonds is 3. The van der Waals surface area contributed by atoms with Gasteiger partial charge in [0.05, 0.1) is 5.41 Å². The Kier molecular flexibility index (Phi) is 2.89. The van der Waals surface area contributed by atoms with E-state index in [4.69, 9.17) is 0 Å². The molecule has 4 heteroatoms. The molecule has 0 spiro atoms. The molecule has 0 N–H and O–H groups in total. The Morgan fingerprint density at radius 2 is 1.53 bits per heavy atom. The lowest BCUT2D eigenvalue weighted by molar-refractivity contribution is 0.402. The molecule has 0 aromatic carbocycles. The van der Waals surface area contributed by atoms with Gasteiger partial charge in [-0.05, 0) is 12.8 Å². The molecule has 15 heavy (non-hydrogen) atoms. The molecule has 2 heterocycles.